The van der Waals surface area contributed by atoms with Gasteiger partial charge in [0, 0.05) is 17.8 Å². The number of pyridine rings is 1. The fourth-order valence-electron chi connectivity index (χ4n) is 2.23. The standard InChI is InChI=1S/C17H14F3N3O3/c18-17(19,20)13-3-1-11(2-4-13)10-26-15-6-8-22-23(15)14-9-12(16(24)25)5-7-21-14/h1-9,16,24-25H,10H2. The lowest BCUT2D eigenvalue weighted by Crippen LogP contribution is -2.07. The highest BCUT2D eigenvalue weighted by Crippen LogP contribution is 2.29. The van der Waals surface area contributed by atoms with Gasteiger partial charge in [0.15, 0.2) is 12.1 Å². The van der Waals surface area contributed by atoms with Crippen molar-refractivity contribution in [2.75, 3.05) is 0 Å². The van der Waals surface area contributed by atoms with Crippen molar-refractivity contribution in [2.24, 2.45) is 0 Å². The second-order valence-corrected chi connectivity index (χ2v) is 5.39. The van der Waals surface area contributed by atoms with Gasteiger partial charge in [-0.3, -0.25) is 0 Å². The minimum atomic E-state index is -4.38. The van der Waals surface area contributed by atoms with Gasteiger partial charge in [-0.2, -0.15) is 23.0 Å². The van der Waals surface area contributed by atoms with E-state index in [2.05, 4.69) is 10.1 Å². The Balaban J connectivity index is 1.74. The van der Waals surface area contributed by atoms with E-state index in [1.165, 1.54) is 41.3 Å². The summed E-state index contributed by atoms with van der Waals surface area (Å²) in [6, 6.07) is 9.10. The molecule has 0 bridgehead atoms. The average molecular weight is 365 g/mol. The maximum absolute atomic E-state index is 12.6. The Bertz CT molecular complexity index is 877. The lowest BCUT2D eigenvalue weighted by atomic mass is 10.1. The van der Waals surface area contributed by atoms with Crippen LogP contribution in [0.15, 0.2) is 54.9 Å². The van der Waals surface area contributed by atoms with Gasteiger partial charge in [0.25, 0.3) is 0 Å². The summed E-state index contributed by atoms with van der Waals surface area (Å²) in [6.07, 6.45) is -3.17. The monoisotopic (exact) mass is 365 g/mol. The molecule has 0 unspecified atom stereocenters. The molecule has 0 amide bonds. The molecular weight excluding hydrogens is 351 g/mol. The number of aliphatic hydroxyl groups excluding tert-OH is 1. The number of ether oxygens (including phenoxy) is 1. The van der Waals surface area contributed by atoms with E-state index in [1.807, 2.05) is 0 Å². The summed E-state index contributed by atoms with van der Waals surface area (Å²) >= 11 is 0. The van der Waals surface area contributed by atoms with Gasteiger partial charge in [-0.25, -0.2) is 4.98 Å². The van der Waals surface area contributed by atoms with Crippen LogP contribution in [0.2, 0.25) is 0 Å². The van der Waals surface area contributed by atoms with Crippen LogP contribution in [0.4, 0.5) is 13.2 Å². The van der Waals surface area contributed by atoms with Crippen LogP contribution in [-0.2, 0) is 12.8 Å². The number of rotatable bonds is 5. The van der Waals surface area contributed by atoms with Crippen molar-refractivity contribution in [3.8, 4) is 11.7 Å². The van der Waals surface area contributed by atoms with Gasteiger partial charge >= 0.3 is 6.18 Å². The molecule has 0 saturated carbocycles. The molecule has 0 saturated heterocycles. The largest absolute Gasteiger partial charge is 0.473 e. The second-order valence-electron chi connectivity index (χ2n) is 5.39. The first-order chi connectivity index (χ1) is 12.3. The molecule has 0 aliphatic heterocycles. The third-order valence-electron chi connectivity index (χ3n) is 3.56. The number of alkyl halides is 3. The molecule has 0 aliphatic rings. The molecule has 0 spiro atoms. The molecule has 136 valence electrons. The van der Waals surface area contributed by atoms with E-state index in [9.17, 15) is 23.4 Å². The Morgan fingerprint density at radius 3 is 2.42 bits per heavy atom. The number of nitrogens with zero attached hydrogens (tertiary/aromatic N) is 3. The van der Waals surface area contributed by atoms with Gasteiger partial charge in [0.05, 0.1) is 11.8 Å². The van der Waals surface area contributed by atoms with E-state index in [4.69, 9.17) is 4.74 Å². The third kappa shape index (κ3) is 4.01. The van der Waals surface area contributed by atoms with Crippen molar-refractivity contribution in [3.63, 3.8) is 0 Å². The van der Waals surface area contributed by atoms with Crippen molar-refractivity contribution in [3.05, 3.63) is 71.5 Å². The van der Waals surface area contributed by atoms with Crippen LogP contribution in [0.3, 0.4) is 0 Å². The normalized spacial score (nSPS) is 11.8. The summed E-state index contributed by atoms with van der Waals surface area (Å²) in [7, 11) is 0. The van der Waals surface area contributed by atoms with Gasteiger partial charge in [-0.15, -0.1) is 0 Å². The Morgan fingerprint density at radius 2 is 1.77 bits per heavy atom. The maximum atomic E-state index is 12.6. The lowest BCUT2D eigenvalue weighted by Gasteiger charge is -2.11. The highest BCUT2D eigenvalue weighted by atomic mass is 19.4. The fourth-order valence-corrected chi connectivity index (χ4v) is 2.23. The summed E-state index contributed by atoms with van der Waals surface area (Å²) in [5.41, 5.74) is 0.0623. The van der Waals surface area contributed by atoms with E-state index in [0.717, 1.165) is 12.1 Å². The van der Waals surface area contributed by atoms with Crippen LogP contribution in [0.1, 0.15) is 23.0 Å². The van der Waals surface area contributed by atoms with E-state index in [-0.39, 0.29) is 12.2 Å². The number of aromatic nitrogens is 3. The summed E-state index contributed by atoms with van der Waals surface area (Å²) < 4.78 is 44.7. The summed E-state index contributed by atoms with van der Waals surface area (Å²) in [5.74, 6) is 0.616. The molecule has 2 aromatic heterocycles. The Labute approximate surface area is 146 Å². The fraction of sp³-hybridized carbons (Fsp3) is 0.176. The predicted molar refractivity (Wildman–Crippen MR) is 84.3 cm³/mol. The Morgan fingerprint density at radius 1 is 1.04 bits per heavy atom. The van der Waals surface area contributed by atoms with E-state index < -0.39 is 18.0 Å². The van der Waals surface area contributed by atoms with Crippen molar-refractivity contribution in [2.45, 2.75) is 19.1 Å². The van der Waals surface area contributed by atoms with Crippen LogP contribution in [0, 0.1) is 0 Å². The van der Waals surface area contributed by atoms with Crippen molar-refractivity contribution in [1.82, 2.24) is 14.8 Å². The topological polar surface area (TPSA) is 80.4 Å². The molecule has 0 aliphatic carbocycles. The van der Waals surface area contributed by atoms with Crippen molar-refractivity contribution >= 4 is 0 Å². The number of halogens is 3. The first-order valence-electron chi connectivity index (χ1n) is 7.50. The highest BCUT2D eigenvalue weighted by molar-refractivity contribution is 5.32. The smallest absolute Gasteiger partial charge is 0.416 e. The van der Waals surface area contributed by atoms with Gasteiger partial charge in [0.2, 0.25) is 5.88 Å². The Hall–Kier alpha value is -2.91. The summed E-state index contributed by atoms with van der Waals surface area (Å²) in [4.78, 5) is 4.09. The quantitative estimate of drug-likeness (QED) is 0.680. The number of hydrogen-bond donors (Lipinski definition) is 2. The molecule has 6 nitrogen and oxygen atoms in total. The van der Waals surface area contributed by atoms with Gasteiger partial charge in [-0.1, -0.05) is 12.1 Å². The number of aliphatic hydroxyl groups is 2. The van der Waals surface area contributed by atoms with Crippen LogP contribution >= 0.6 is 0 Å². The molecule has 2 N–H and O–H groups in total. The van der Waals surface area contributed by atoms with E-state index in [1.54, 1.807) is 6.07 Å². The molecule has 0 fully saturated rings. The Kier molecular flexibility index (Phi) is 4.92. The molecular formula is C17H14F3N3O3. The molecule has 0 radical (unpaired) electrons. The molecule has 9 heteroatoms. The molecule has 26 heavy (non-hydrogen) atoms. The molecule has 2 heterocycles. The van der Waals surface area contributed by atoms with Crippen LogP contribution in [0.5, 0.6) is 5.88 Å². The highest BCUT2D eigenvalue weighted by Gasteiger charge is 2.29. The number of hydrogen-bond acceptors (Lipinski definition) is 5. The van der Waals surface area contributed by atoms with E-state index >= 15 is 0 Å². The summed E-state index contributed by atoms with van der Waals surface area (Å²) in [6.45, 7) is 0.0339. The molecule has 0 atom stereocenters. The van der Waals surface area contributed by atoms with Crippen LogP contribution in [-0.4, -0.2) is 25.0 Å². The maximum Gasteiger partial charge on any atom is 0.416 e. The zero-order valence-electron chi connectivity index (χ0n) is 13.3. The zero-order valence-corrected chi connectivity index (χ0v) is 13.3. The minimum Gasteiger partial charge on any atom is -0.473 e. The van der Waals surface area contributed by atoms with E-state index in [0.29, 0.717) is 17.3 Å². The molecule has 3 aromatic rings. The lowest BCUT2D eigenvalue weighted by molar-refractivity contribution is -0.137. The average Bonchev–Trinajstić information content (AvgIpc) is 3.08. The minimum absolute atomic E-state index is 0.0339. The van der Waals surface area contributed by atoms with Crippen LogP contribution in [0.25, 0.3) is 5.82 Å². The van der Waals surface area contributed by atoms with Crippen molar-refractivity contribution < 1.29 is 28.1 Å². The second kappa shape index (κ2) is 7.14. The molecule has 1 aromatic carbocycles. The third-order valence-corrected chi connectivity index (χ3v) is 3.56. The zero-order chi connectivity index (χ0) is 18.7. The van der Waals surface area contributed by atoms with Gasteiger partial charge in [-0.05, 0) is 29.8 Å². The SMILES string of the molecule is OC(O)c1ccnc(-n2nccc2OCc2ccc(C(F)(F)F)cc2)c1. The first-order valence-corrected chi connectivity index (χ1v) is 7.50. The van der Waals surface area contributed by atoms with Gasteiger partial charge < -0.3 is 14.9 Å². The number of benzene rings is 1. The molecule has 3 rings (SSSR count). The first kappa shape index (κ1) is 17.9. The van der Waals surface area contributed by atoms with Crippen molar-refractivity contribution in [1.29, 1.82) is 0 Å². The van der Waals surface area contributed by atoms with Crippen LogP contribution < -0.4 is 4.74 Å². The summed E-state index contributed by atoms with van der Waals surface area (Å²) in [5, 5.41) is 22.5. The van der Waals surface area contributed by atoms with Gasteiger partial charge in [0.1, 0.15) is 6.61 Å². The predicted octanol–water partition coefficient (Wildman–Crippen LogP) is 2.85.